The van der Waals surface area contributed by atoms with E-state index in [1.54, 1.807) is 32.3 Å². The van der Waals surface area contributed by atoms with Gasteiger partial charge in [-0.1, -0.05) is 18.2 Å². The van der Waals surface area contributed by atoms with Gasteiger partial charge in [0.15, 0.2) is 0 Å². The van der Waals surface area contributed by atoms with Crippen molar-refractivity contribution in [3.63, 3.8) is 0 Å². The van der Waals surface area contributed by atoms with E-state index in [9.17, 15) is 0 Å². The standard InChI is InChI=1S/C19H16N2O2/c1-13-5-6-15(10-19(13)22-4)7-8-17-11-16(9-14(2)23-17)18(12-20)21-3/h5-11H,1-2,4H3/b8-7+,18-16+. The SMILES string of the molecule is [C-]#[N+]/C(C#N)=C1\C=C(C)OC(/C=C/c2ccc(C)c(OC)c2)=C1. The summed E-state index contributed by atoms with van der Waals surface area (Å²) in [6.07, 6.45) is 7.07. The molecule has 0 aliphatic carbocycles. The number of aryl methyl sites for hydroxylation is 1. The van der Waals surface area contributed by atoms with E-state index in [2.05, 4.69) is 4.85 Å². The van der Waals surface area contributed by atoms with Gasteiger partial charge < -0.3 is 9.47 Å². The molecule has 23 heavy (non-hydrogen) atoms. The first-order valence-electron chi connectivity index (χ1n) is 6.99. The maximum atomic E-state index is 8.99. The highest BCUT2D eigenvalue weighted by Crippen LogP contribution is 2.24. The predicted molar refractivity (Wildman–Crippen MR) is 88.9 cm³/mol. The second-order valence-corrected chi connectivity index (χ2v) is 4.99. The van der Waals surface area contributed by atoms with Crippen molar-refractivity contribution in [3.8, 4) is 11.8 Å². The van der Waals surface area contributed by atoms with E-state index >= 15 is 0 Å². The highest BCUT2D eigenvalue weighted by molar-refractivity contribution is 5.58. The largest absolute Gasteiger partial charge is 0.496 e. The topological polar surface area (TPSA) is 46.6 Å². The molecule has 2 rings (SSSR count). The van der Waals surface area contributed by atoms with E-state index in [0.717, 1.165) is 16.9 Å². The fourth-order valence-corrected chi connectivity index (χ4v) is 2.15. The van der Waals surface area contributed by atoms with E-state index in [-0.39, 0.29) is 5.70 Å². The maximum absolute atomic E-state index is 8.99. The molecule has 0 spiro atoms. The van der Waals surface area contributed by atoms with E-state index in [1.165, 1.54) is 0 Å². The van der Waals surface area contributed by atoms with Crippen LogP contribution in [-0.2, 0) is 4.74 Å². The number of hydrogen-bond acceptors (Lipinski definition) is 3. The number of nitrogens with zero attached hydrogens (tertiary/aromatic N) is 2. The molecule has 0 bridgehead atoms. The molecule has 1 aliphatic rings. The van der Waals surface area contributed by atoms with Crippen LogP contribution in [0.2, 0.25) is 0 Å². The summed E-state index contributed by atoms with van der Waals surface area (Å²) >= 11 is 0. The van der Waals surface area contributed by atoms with Gasteiger partial charge in [0, 0.05) is 0 Å². The van der Waals surface area contributed by atoms with Crippen LogP contribution in [0.15, 0.2) is 59.2 Å². The van der Waals surface area contributed by atoms with Gasteiger partial charge in [0.25, 0.3) is 5.70 Å². The maximum Gasteiger partial charge on any atom is 0.269 e. The van der Waals surface area contributed by atoms with Crippen molar-refractivity contribution in [2.24, 2.45) is 0 Å². The van der Waals surface area contributed by atoms with Crippen molar-refractivity contribution >= 4 is 6.08 Å². The molecule has 4 heteroatoms. The second-order valence-electron chi connectivity index (χ2n) is 4.99. The normalized spacial score (nSPS) is 15.9. The molecule has 4 nitrogen and oxygen atoms in total. The summed E-state index contributed by atoms with van der Waals surface area (Å²) in [6, 6.07) is 7.80. The molecule has 0 N–H and O–H groups in total. The minimum atomic E-state index is 0.0514. The van der Waals surface area contributed by atoms with E-state index in [1.807, 2.05) is 37.3 Å². The summed E-state index contributed by atoms with van der Waals surface area (Å²) in [5.74, 6) is 2.04. The van der Waals surface area contributed by atoms with E-state index in [0.29, 0.717) is 17.1 Å². The molecule has 0 radical (unpaired) electrons. The van der Waals surface area contributed by atoms with Crippen LogP contribution in [0.1, 0.15) is 18.1 Å². The number of benzene rings is 1. The third kappa shape index (κ3) is 3.90. The third-order valence-electron chi connectivity index (χ3n) is 3.30. The lowest BCUT2D eigenvalue weighted by Gasteiger charge is -2.13. The molecule has 0 unspecified atom stereocenters. The molecule has 0 aromatic heterocycles. The Kier molecular flexibility index (Phi) is 5.02. The van der Waals surface area contributed by atoms with Gasteiger partial charge in [-0.15, -0.1) is 0 Å². The summed E-state index contributed by atoms with van der Waals surface area (Å²) in [5.41, 5.74) is 2.65. The van der Waals surface area contributed by atoms with Crippen molar-refractivity contribution in [2.45, 2.75) is 13.8 Å². The van der Waals surface area contributed by atoms with E-state index in [4.69, 9.17) is 21.3 Å². The van der Waals surface area contributed by atoms with Crippen molar-refractivity contribution in [1.82, 2.24) is 0 Å². The molecule has 1 aromatic rings. The number of ether oxygens (including phenoxy) is 2. The highest BCUT2D eigenvalue weighted by atomic mass is 16.5. The van der Waals surface area contributed by atoms with Gasteiger partial charge in [0.05, 0.1) is 19.8 Å². The van der Waals surface area contributed by atoms with Crippen LogP contribution < -0.4 is 4.74 Å². The first-order valence-corrected chi connectivity index (χ1v) is 6.99. The molecular weight excluding hydrogens is 288 g/mol. The van der Waals surface area contributed by atoms with Crippen LogP contribution in [0.4, 0.5) is 0 Å². The van der Waals surface area contributed by atoms with Gasteiger partial charge in [0.2, 0.25) is 0 Å². The minimum Gasteiger partial charge on any atom is -0.496 e. The zero-order valence-electron chi connectivity index (χ0n) is 13.3. The molecule has 0 saturated carbocycles. The fraction of sp³-hybridized carbons (Fsp3) is 0.158. The number of rotatable bonds is 3. The number of allylic oxidation sites excluding steroid dienone is 6. The lowest BCUT2D eigenvalue weighted by molar-refractivity contribution is 0.318. The number of methoxy groups -OCH3 is 1. The Hall–Kier alpha value is -3.24. The first kappa shape index (κ1) is 16.1. The van der Waals surface area contributed by atoms with Crippen molar-refractivity contribution in [2.75, 3.05) is 7.11 Å². The van der Waals surface area contributed by atoms with Crippen LogP contribution in [0.5, 0.6) is 5.75 Å². The Balaban J connectivity index is 2.31. The summed E-state index contributed by atoms with van der Waals surface area (Å²) in [4.78, 5) is 3.23. The molecule has 0 amide bonds. The van der Waals surface area contributed by atoms with Crippen LogP contribution >= 0.6 is 0 Å². The zero-order valence-corrected chi connectivity index (χ0v) is 13.3. The third-order valence-corrected chi connectivity index (χ3v) is 3.30. The summed E-state index contributed by atoms with van der Waals surface area (Å²) in [7, 11) is 1.64. The second kappa shape index (κ2) is 7.15. The molecular formula is C19H16N2O2. The van der Waals surface area contributed by atoms with Gasteiger partial charge in [-0.3, -0.25) is 0 Å². The predicted octanol–water partition coefficient (Wildman–Crippen LogP) is 4.53. The van der Waals surface area contributed by atoms with Gasteiger partial charge in [0.1, 0.15) is 17.3 Å². The average molecular weight is 304 g/mol. The van der Waals surface area contributed by atoms with Crippen LogP contribution in [-0.4, -0.2) is 7.11 Å². The summed E-state index contributed by atoms with van der Waals surface area (Å²) < 4.78 is 10.9. The van der Waals surface area contributed by atoms with Gasteiger partial charge in [-0.05, 0) is 54.8 Å². The minimum absolute atomic E-state index is 0.0514. The van der Waals surface area contributed by atoms with Crippen LogP contribution in [0.25, 0.3) is 10.9 Å². The van der Waals surface area contributed by atoms with Crippen molar-refractivity contribution < 1.29 is 9.47 Å². The fourth-order valence-electron chi connectivity index (χ4n) is 2.15. The Bertz CT molecular complexity index is 812. The smallest absolute Gasteiger partial charge is 0.269 e. The quantitative estimate of drug-likeness (QED) is 0.608. The molecule has 114 valence electrons. The van der Waals surface area contributed by atoms with Crippen LogP contribution in [0.3, 0.4) is 0 Å². The van der Waals surface area contributed by atoms with Gasteiger partial charge in [-0.25, -0.2) is 10.1 Å². The number of hydrogen-bond donors (Lipinski definition) is 0. The zero-order chi connectivity index (χ0) is 16.8. The molecule has 1 aliphatic heterocycles. The monoisotopic (exact) mass is 304 g/mol. The number of nitriles is 1. The average Bonchev–Trinajstić information content (AvgIpc) is 2.55. The van der Waals surface area contributed by atoms with Gasteiger partial charge >= 0.3 is 0 Å². The molecule has 1 aromatic carbocycles. The molecule has 0 atom stereocenters. The summed E-state index contributed by atoms with van der Waals surface area (Å²) in [6.45, 7) is 10.8. The Morgan fingerprint density at radius 3 is 2.74 bits per heavy atom. The Labute approximate surface area is 136 Å². The Morgan fingerprint density at radius 2 is 2.09 bits per heavy atom. The molecule has 0 fully saturated rings. The lowest BCUT2D eigenvalue weighted by Crippen LogP contribution is -1.97. The van der Waals surface area contributed by atoms with Gasteiger partial charge in [-0.2, -0.15) is 0 Å². The first-order chi connectivity index (χ1) is 11.1. The molecule has 1 heterocycles. The summed E-state index contributed by atoms with van der Waals surface area (Å²) in [5, 5.41) is 8.99. The van der Waals surface area contributed by atoms with Crippen LogP contribution in [0, 0.1) is 24.8 Å². The van der Waals surface area contributed by atoms with Crippen molar-refractivity contribution in [1.29, 1.82) is 5.26 Å². The lowest BCUT2D eigenvalue weighted by atomic mass is 10.1. The Morgan fingerprint density at radius 1 is 1.30 bits per heavy atom. The van der Waals surface area contributed by atoms with Crippen molar-refractivity contribution in [3.05, 3.63) is 81.8 Å². The molecule has 0 saturated heterocycles. The van der Waals surface area contributed by atoms with E-state index < -0.39 is 0 Å². The highest BCUT2D eigenvalue weighted by Gasteiger charge is 2.10.